The number of halogens is 1. The SMILES string of the molecule is O=C(NCC1(c2cccc(F)c2)CC1)C1CNC1. The quantitative estimate of drug-likeness (QED) is 0.840. The Morgan fingerprint density at radius 2 is 2.22 bits per heavy atom. The molecule has 1 saturated carbocycles. The summed E-state index contributed by atoms with van der Waals surface area (Å²) in [7, 11) is 0. The molecule has 0 unspecified atom stereocenters. The van der Waals surface area contributed by atoms with Crippen molar-refractivity contribution >= 4 is 5.91 Å². The molecule has 4 heteroatoms. The molecule has 1 aromatic carbocycles. The first-order valence-electron chi connectivity index (χ1n) is 6.44. The van der Waals surface area contributed by atoms with Gasteiger partial charge in [0.05, 0.1) is 5.92 Å². The fourth-order valence-electron chi connectivity index (χ4n) is 2.41. The van der Waals surface area contributed by atoms with Gasteiger partial charge in [0.25, 0.3) is 0 Å². The molecule has 0 bridgehead atoms. The highest BCUT2D eigenvalue weighted by Gasteiger charge is 2.44. The molecule has 96 valence electrons. The standard InChI is InChI=1S/C14H17FN2O/c15-12-3-1-2-11(6-12)14(4-5-14)9-17-13(18)10-7-16-8-10/h1-3,6,10,16H,4-5,7-9H2,(H,17,18). The van der Waals surface area contributed by atoms with Gasteiger partial charge >= 0.3 is 0 Å². The van der Waals surface area contributed by atoms with E-state index >= 15 is 0 Å². The summed E-state index contributed by atoms with van der Waals surface area (Å²) in [5, 5.41) is 6.09. The van der Waals surface area contributed by atoms with Crippen LogP contribution in [-0.4, -0.2) is 25.5 Å². The summed E-state index contributed by atoms with van der Waals surface area (Å²) in [5.41, 5.74) is 0.990. The Labute approximate surface area is 106 Å². The minimum Gasteiger partial charge on any atom is -0.355 e. The third-order valence-corrected chi connectivity index (χ3v) is 4.04. The molecule has 2 aliphatic rings. The van der Waals surface area contributed by atoms with E-state index < -0.39 is 0 Å². The summed E-state index contributed by atoms with van der Waals surface area (Å²) in [4.78, 5) is 11.8. The Hall–Kier alpha value is -1.42. The molecule has 0 atom stereocenters. The summed E-state index contributed by atoms with van der Waals surface area (Å²) >= 11 is 0. The second-order valence-corrected chi connectivity index (χ2v) is 5.36. The maximum absolute atomic E-state index is 13.2. The zero-order chi connectivity index (χ0) is 12.6. The first kappa shape index (κ1) is 11.7. The minimum absolute atomic E-state index is 0.0189. The van der Waals surface area contributed by atoms with E-state index in [9.17, 15) is 9.18 Å². The van der Waals surface area contributed by atoms with Gasteiger partial charge in [-0.3, -0.25) is 4.79 Å². The molecule has 3 rings (SSSR count). The fourth-order valence-corrected chi connectivity index (χ4v) is 2.41. The summed E-state index contributed by atoms with van der Waals surface area (Å²) < 4.78 is 13.2. The third-order valence-electron chi connectivity index (χ3n) is 4.04. The summed E-state index contributed by atoms with van der Waals surface area (Å²) in [5.74, 6) is 0.0398. The van der Waals surface area contributed by atoms with Gasteiger partial charge in [-0.1, -0.05) is 12.1 Å². The molecular weight excluding hydrogens is 231 g/mol. The first-order chi connectivity index (χ1) is 8.70. The van der Waals surface area contributed by atoms with Crippen molar-refractivity contribution < 1.29 is 9.18 Å². The maximum atomic E-state index is 13.2. The molecule has 1 aromatic rings. The maximum Gasteiger partial charge on any atom is 0.225 e. The van der Waals surface area contributed by atoms with Crippen LogP contribution in [0, 0.1) is 11.7 Å². The number of amides is 1. The van der Waals surface area contributed by atoms with E-state index in [-0.39, 0.29) is 23.1 Å². The van der Waals surface area contributed by atoms with Gasteiger partial charge in [0.2, 0.25) is 5.91 Å². The van der Waals surface area contributed by atoms with Crippen LogP contribution in [0.15, 0.2) is 24.3 Å². The lowest BCUT2D eigenvalue weighted by Gasteiger charge is -2.27. The summed E-state index contributed by atoms with van der Waals surface area (Å²) in [6, 6.07) is 6.73. The Balaban J connectivity index is 1.63. The molecule has 1 aliphatic carbocycles. The zero-order valence-corrected chi connectivity index (χ0v) is 10.2. The van der Waals surface area contributed by atoms with Crippen molar-refractivity contribution in [1.82, 2.24) is 10.6 Å². The normalized spacial score (nSPS) is 21.2. The number of carbonyl (C=O) groups is 1. The number of rotatable bonds is 4. The van der Waals surface area contributed by atoms with Gasteiger partial charge in [-0.25, -0.2) is 4.39 Å². The van der Waals surface area contributed by atoms with Crippen molar-refractivity contribution in [1.29, 1.82) is 0 Å². The van der Waals surface area contributed by atoms with E-state index in [2.05, 4.69) is 10.6 Å². The molecule has 2 N–H and O–H groups in total. The van der Waals surface area contributed by atoms with E-state index in [0.717, 1.165) is 31.5 Å². The van der Waals surface area contributed by atoms with Gasteiger partial charge in [-0.2, -0.15) is 0 Å². The number of benzene rings is 1. The van der Waals surface area contributed by atoms with E-state index in [1.54, 1.807) is 12.1 Å². The average molecular weight is 248 g/mol. The van der Waals surface area contributed by atoms with E-state index in [4.69, 9.17) is 0 Å². The summed E-state index contributed by atoms with van der Waals surface area (Å²) in [6.07, 6.45) is 2.05. The molecule has 0 aromatic heterocycles. The van der Waals surface area contributed by atoms with Crippen LogP contribution in [-0.2, 0) is 10.2 Å². The van der Waals surface area contributed by atoms with E-state index in [1.807, 2.05) is 6.07 Å². The third kappa shape index (κ3) is 2.12. The predicted molar refractivity (Wildman–Crippen MR) is 66.7 cm³/mol. The van der Waals surface area contributed by atoms with Crippen LogP contribution in [0.5, 0.6) is 0 Å². The molecule has 1 amide bonds. The second-order valence-electron chi connectivity index (χ2n) is 5.36. The monoisotopic (exact) mass is 248 g/mol. The smallest absolute Gasteiger partial charge is 0.225 e. The van der Waals surface area contributed by atoms with Crippen LogP contribution in [0.4, 0.5) is 4.39 Å². The van der Waals surface area contributed by atoms with Gasteiger partial charge in [0, 0.05) is 25.0 Å². The first-order valence-corrected chi connectivity index (χ1v) is 6.44. The molecular formula is C14H17FN2O. The molecule has 18 heavy (non-hydrogen) atoms. The second kappa shape index (κ2) is 4.35. The van der Waals surface area contributed by atoms with Crippen LogP contribution >= 0.6 is 0 Å². The van der Waals surface area contributed by atoms with E-state index in [1.165, 1.54) is 6.07 Å². The molecule has 1 aliphatic heterocycles. The Kier molecular flexibility index (Phi) is 2.82. The summed E-state index contributed by atoms with van der Waals surface area (Å²) in [6.45, 7) is 2.18. The molecule has 0 radical (unpaired) electrons. The van der Waals surface area contributed by atoms with Gasteiger partial charge < -0.3 is 10.6 Å². The Morgan fingerprint density at radius 1 is 1.44 bits per heavy atom. The predicted octanol–water partition coefficient (Wildman–Crippen LogP) is 1.19. The lowest BCUT2D eigenvalue weighted by molar-refractivity contribution is -0.126. The van der Waals surface area contributed by atoms with Gasteiger partial charge in [0.15, 0.2) is 0 Å². The van der Waals surface area contributed by atoms with Crippen molar-refractivity contribution in [2.45, 2.75) is 18.3 Å². The zero-order valence-electron chi connectivity index (χ0n) is 10.2. The van der Waals surface area contributed by atoms with Gasteiger partial charge in [0.1, 0.15) is 5.82 Å². The molecule has 1 saturated heterocycles. The molecule has 2 fully saturated rings. The van der Waals surface area contributed by atoms with Crippen LogP contribution in [0.25, 0.3) is 0 Å². The molecule has 0 spiro atoms. The number of carbonyl (C=O) groups excluding carboxylic acids is 1. The fraction of sp³-hybridized carbons (Fsp3) is 0.500. The van der Waals surface area contributed by atoms with Crippen LogP contribution < -0.4 is 10.6 Å². The average Bonchev–Trinajstić information content (AvgIpc) is 3.05. The highest BCUT2D eigenvalue weighted by molar-refractivity contribution is 5.80. The topological polar surface area (TPSA) is 41.1 Å². The molecule has 1 heterocycles. The van der Waals surface area contributed by atoms with E-state index in [0.29, 0.717) is 6.54 Å². The highest BCUT2D eigenvalue weighted by Crippen LogP contribution is 2.47. The van der Waals surface area contributed by atoms with Crippen molar-refractivity contribution in [3.8, 4) is 0 Å². The molecule has 3 nitrogen and oxygen atoms in total. The lowest BCUT2D eigenvalue weighted by Crippen LogP contribution is -2.51. The largest absolute Gasteiger partial charge is 0.355 e. The van der Waals surface area contributed by atoms with Gasteiger partial charge in [-0.15, -0.1) is 0 Å². The number of hydrogen-bond acceptors (Lipinski definition) is 2. The Morgan fingerprint density at radius 3 is 2.78 bits per heavy atom. The Bertz CT molecular complexity index is 467. The van der Waals surface area contributed by atoms with Crippen molar-refractivity contribution in [2.24, 2.45) is 5.92 Å². The van der Waals surface area contributed by atoms with Crippen LogP contribution in [0.1, 0.15) is 18.4 Å². The number of hydrogen-bond donors (Lipinski definition) is 2. The van der Waals surface area contributed by atoms with Crippen molar-refractivity contribution in [3.63, 3.8) is 0 Å². The van der Waals surface area contributed by atoms with Crippen LogP contribution in [0.3, 0.4) is 0 Å². The minimum atomic E-state index is -0.201. The number of nitrogens with one attached hydrogen (secondary N) is 2. The van der Waals surface area contributed by atoms with Crippen LogP contribution in [0.2, 0.25) is 0 Å². The van der Waals surface area contributed by atoms with Crippen molar-refractivity contribution in [2.75, 3.05) is 19.6 Å². The lowest BCUT2D eigenvalue weighted by atomic mass is 9.95. The highest BCUT2D eigenvalue weighted by atomic mass is 19.1. The van der Waals surface area contributed by atoms with Crippen molar-refractivity contribution in [3.05, 3.63) is 35.6 Å². The van der Waals surface area contributed by atoms with Gasteiger partial charge in [-0.05, 0) is 30.5 Å².